The summed E-state index contributed by atoms with van der Waals surface area (Å²) in [5.41, 5.74) is 0. The van der Waals surface area contributed by atoms with E-state index in [2.05, 4.69) is 21.4 Å². The highest BCUT2D eigenvalue weighted by atomic mass is 16.5. The number of aromatic nitrogens is 2. The monoisotopic (exact) mass is 151 g/mol. The maximum Gasteiger partial charge on any atom is 0.321 e. The molecule has 4 nitrogen and oxygen atoms in total. The molecule has 0 saturated carbocycles. The van der Waals surface area contributed by atoms with Gasteiger partial charge >= 0.3 is 6.01 Å². The van der Waals surface area contributed by atoms with Gasteiger partial charge in [-0.3, -0.25) is 0 Å². The predicted octanol–water partition coefficient (Wildman–Crippen LogP) is 0.813. The summed E-state index contributed by atoms with van der Waals surface area (Å²) < 4.78 is 4.77. The Morgan fingerprint density at radius 2 is 2.55 bits per heavy atom. The molecule has 1 N–H and O–H groups in total. The van der Waals surface area contributed by atoms with Crippen molar-refractivity contribution in [3.05, 3.63) is 5.82 Å². The zero-order chi connectivity index (χ0) is 8.10. The lowest BCUT2D eigenvalue weighted by Crippen LogP contribution is -1.99. The number of anilines is 1. The largest absolute Gasteiger partial charge is 0.337 e. The molecule has 4 heteroatoms. The second-order valence-corrected chi connectivity index (χ2v) is 2.03. The van der Waals surface area contributed by atoms with E-state index in [0.717, 1.165) is 0 Å². The molecule has 1 aromatic rings. The molecule has 0 aliphatic carbocycles. The van der Waals surface area contributed by atoms with E-state index < -0.39 is 0 Å². The van der Waals surface area contributed by atoms with Gasteiger partial charge in [0.1, 0.15) is 0 Å². The van der Waals surface area contributed by atoms with Crippen LogP contribution in [0.1, 0.15) is 12.2 Å². The average Bonchev–Trinajstić information content (AvgIpc) is 2.37. The van der Waals surface area contributed by atoms with E-state index in [1.807, 2.05) is 0 Å². The second-order valence-electron chi connectivity index (χ2n) is 2.03. The summed E-state index contributed by atoms with van der Waals surface area (Å²) in [4.78, 5) is 3.93. The standard InChI is InChI=1S/C7H9N3O/c1-3-4-5-8-7-9-6(2)10-11-7/h1H,4-5H2,2H3,(H,8,9,10). The minimum atomic E-state index is 0.428. The van der Waals surface area contributed by atoms with Gasteiger partial charge in [-0.1, -0.05) is 5.16 Å². The van der Waals surface area contributed by atoms with Crippen molar-refractivity contribution in [3.63, 3.8) is 0 Å². The van der Waals surface area contributed by atoms with E-state index in [1.54, 1.807) is 6.92 Å². The number of nitrogens with zero attached hydrogens (tertiary/aromatic N) is 2. The second kappa shape index (κ2) is 3.62. The third-order valence-corrected chi connectivity index (χ3v) is 1.07. The number of aryl methyl sites for hydroxylation is 1. The summed E-state index contributed by atoms with van der Waals surface area (Å²) in [7, 11) is 0. The van der Waals surface area contributed by atoms with Gasteiger partial charge in [-0.25, -0.2) is 0 Å². The zero-order valence-electron chi connectivity index (χ0n) is 6.29. The maximum absolute atomic E-state index is 5.04. The van der Waals surface area contributed by atoms with Gasteiger partial charge in [-0.05, 0) is 6.92 Å². The SMILES string of the molecule is C#CCCNc1nc(C)no1. The third-order valence-electron chi connectivity index (χ3n) is 1.07. The molecule has 11 heavy (non-hydrogen) atoms. The van der Waals surface area contributed by atoms with Crippen molar-refractivity contribution in [1.82, 2.24) is 10.1 Å². The van der Waals surface area contributed by atoms with Gasteiger partial charge in [0.05, 0.1) is 0 Å². The highest BCUT2D eigenvalue weighted by molar-refractivity contribution is 5.17. The van der Waals surface area contributed by atoms with Crippen LogP contribution in [0.25, 0.3) is 0 Å². The van der Waals surface area contributed by atoms with Crippen LogP contribution in [-0.4, -0.2) is 16.7 Å². The molecular formula is C7H9N3O. The topological polar surface area (TPSA) is 51.0 Å². The van der Waals surface area contributed by atoms with Crippen molar-refractivity contribution < 1.29 is 4.52 Å². The molecule has 0 saturated heterocycles. The fourth-order valence-corrected chi connectivity index (χ4v) is 0.610. The van der Waals surface area contributed by atoms with E-state index in [4.69, 9.17) is 10.9 Å². The highest BCUT2D eigenvalue weighted by Crippen LogP contribution is 2.00. The average molecular weight is 151 g/mol. The van der Waals surface area contributed by atoms with Crippen LogP contribution in [-0.2, 0) is 0 Å². The summed E-state index contributed by atoms with van der Waals surface area (Å²) >= 11 is 0. The van der Waals surface area contributed by atoms with Gasteiger partial charge in [0.25, 0.3) is 0 Å². The smallest absolute Gasteiger partial charge is 0.321 e. The number of rotatable bonds is 3. The minimum Gasteiger partial charge on any atom is -0.337 e. The molecule has 1 heterocycles. The van der Waals surface area contributed by atoms with Gasteiger partial charge < -0.3 is 9.84 Å². The lowest BCUT2D eigenvalue weighted by molar-refractivity contribution is 0.425. The van der Waals surface area contributed by atoms with Crippen LogP contribution >= 0.6 is 0 Å². The molecule has 0 aliphatic heterocycles. The first-order chi connectivity index (χ1) is 5.33. The Morgan fingerprint density at radius 1 is 1.73 bits per heavy atom. The summed E-state index contributed by atoms with van der Waals surface area (Å²) in [5.74, 6) is 3.11. The zero-order valence-corrected chi connectivity index (χ0v) is 6.29. The lowest BCUT2D eigenvalue weighted by atomic mass is 10.4. The Bertz CT molecular complexity index is 261. The van der Waals surface area contributed by atoms with E-state index in [1.165, 1.54) is 0 Å². The normalized spacial score (nSPS) is 9.09. The Morgan fingerprint density at radius 3 is 3.09 bits per heavy atom. The number of hydrogen-bond acceptors (Lipinski definition) is 4. The number of terminal acetylenes is 1. The minimum absolute atomic E-state index is 0.428. The van der Waals surface area contributed by atoms with Crippen LogP contribution in [0.2, 0.25) is 0 Å². The Kier molecular flexibility index (Phi) is 2.50. The molecule has 0 bridgehead atoms. The van der Waals surface area contributed by atoms with Crippen molar-refractivity contribution in [2.45, 2.75) is 13.3 Å². The van der Waals surface area contributed by atoms with Crippen molar-refractivity contribution in [3.8, 4) is 12.3 Å². The van der Waals surface area contributed by atoms with Crippen LogP contribution in [0, 0.1) is 19.3 Å². The van der Waals surface area contributed by atoms with Crippen LogP contribution in [0.15, 0.2) is 4.52 Å². The quantitative estimate of drug-likeness (QED) is 0.513. The molecule has 0 amide bonds. The van der Waals surface area contributed by atoms with E-state index in [0.29, 0.717) is 24.8 Å². The van der Waals surface area contributed by atoms with Crippen molar-refractivity contribution >= 4 is 6.01 Å². The fourth-order valence-electron chi connectivity index (χ4n) is 0.610. The van der Waals surface area contributed by atoms with Crippen LogP contribution in [0.5, 0.6) is 0 Å². The third kappa shape index (κ3) is 2.30. The summed E-state index contributed by atoms with van der Waals surface area (Å²) in [5, 5.41) is 6.48. The molecule has 0 radical (unpaired) electrons. The van der Waals surface area contributed by atoms with Gasteiger partial charge in [-0.15, -0.1) is 12.3 Å². The Hall–Kier alpha value is -1.50. The molecular weight excluding hydrogens is 142 g/mol. The first-order valence-corrected chi connectivity index (χ1v) is 3.30. The van der Waals surface area contributed by atoms with Crippen LogP contribution in [0.3, 0.4) is 0 Å². The molecule has 1 aromatic heterocycles. The lowest BCUT2D eigenvalue weighted by Gasteiger charge is -1.93. The fraction of sp³-hybridized carbons (Fsp3) is 0.429. The van der Waals surface area contributed by atoms with Gasteiger partial charge in [-0.2, -0.15) is 4.98 Å². The molecule has 0 aromatic carbocycles. The first kappa shape index (κ1) is 7.61. The van der Waals surface area contributed by atoms with Gasteiger partial charge in [0.2, 0.25) is 0 Å². The summed E-state index contributed by atoms with van der Waals surface area (Å²) in [6.07, 6.45) is 5.70. The molecule has 58 valence electrons. The molecule has 0 spiro atoms. The summed E-state index contributed by atoms with van der Waals surface area (Å²) in [6.45, 7) is 2.42. The summed E-state index contributed by atoms with van der Waals surface area (Å²) in [6, 6.07) is 0.428. The Balaban J connectivity index is 2.34. The van der Waals surface area contributed by atoms with Crippen LogP contribution in [0.4, 0.5) is 6.01 Å². The Labute approximate surface area is 65.0 Å². The van der Waals surface area contributed by atoms with Crippen molar-refractivity contribution in [2.75, 3.05) is 11.9 Å². The van der Waals surface area contributed by atoms with Gasteiger partial charge in [0.15, 0.2) is 5.82 Å². The van der Waals surface area contributed by atoms with E-state index in [-0.39, 0.29) is 0 Å². The van der Waals surface area contributed by atoms with Crippen molar-refractivity contribution in [1.29, 1.82) is 0 Å². The predicted molar refractivity (Wildman–Crippen MR) is 41.0 cm³/mol. The first-order valence-electron chi connectivity index (χ1n) is 3.30. The maximum atomic E-state index is 5.04. The van der Waals surface area contributed by atoms with Crippen molar-refractivity contribution in [2.24, 2.45) is 0 Å². The van der Waals surface area contributed by atoms with E-state index in [9.17, 15) is 0 Å². The number of hydrogen-bond donors (Lipinski definition) is 1. The van der Waals surface area contributed by atoms with Crippen LogP contribution < -0.4 is 5.32 Å². The van der Waals surface area contributed by atoms with Gasteiger partial charge in [0, 0.05) is 13.0 Å². The molecule has 1 rings (SSSR count). The number of nitrogens with one attached hydrogen (secondary N) is 1. The molecule has 0 fully saturated rings. The van der Waals surface area contributed by atoms with E-state index >= 15 is 0 Å². The molecule has 0 aliphatic rings. The molecule has 0 atom stereocenters. The molecule has 0 unspecified atom stereocenters. The highest BCUT2D eigenvalue weighted by Gasteiger charge is 1.98.